The number of halogens is 1. The van der Waals surface area contributed by atoms with Gasteiger partial charge in [-0.1, -0.05) is 31.5 Å². The van der Waals surface area contributed by atoms with E-state index < -0.39 is 0 Å². The minimum Gasteiger partial charge on any atom is -0.355 e. The monoisotopic (exact) mass is 292 g/mol. The third-order valence-corrected chi connectivity index (χ3v) is 3.93. The average molecular weight is 293 g/mol. The van der Waals surface area contributed by atoms with Crippen molar-refractivity contribution in [3.63, 3.8) is 0 Å². The van der Waals surface area contributed by atoms with Crippen LogP contribution in [0.1, 0.15) is 55.7 Å². The molecule has 1 aromatic carbocycles. The number of benzene rings is 1. The number of carbonyl (C=O) groups is 1. The third kappa shape index (κ3) is 2.31. The molecule has 1 aromatic heterocycles. The van der Waals surface area contributed by atoms with Crippen molar-refractivity contribution >= 4 is 28.4 Å². The van der Waals surface area contributed by atoms with Gasteiger partial charge in [0.1, 0.15) is 0 Å². The van der Waals surface area contributed by atoms with Gasteiger partial charge >= 0.3 is 0 Å². The summed E-state index contributed by atoms with van der Waals surface area (Å²) in [5.41, 5.74) is 2.81. The first-order chi connectivity index (χ1) is 9.38. The van der Waals surface area contributed by atoms with Gasteiger partial charge in [0.25, 0.3) is 5.91 Å². The van der Waals surface area contributed by atoms with Crippen molar-refractivity contribution in [2.75, 3.05) is 7.05 Å². The van der Waals surface area contributed by atoms with Gasteiger partial charge < -0.3 is 9.88 Å². The van der Waals surface area contributed by atoms with Crippen molar-refractivity contribution in [2.45, 2.75) is 39.7 Å². The number of hydrogen-bond acceptors (Lipinski definition) is 1. The molecule has 0 saturated heterocycles. The predicted molar refractivity (Wildman–Crippen MR) is 84.8 cm³/mol. The molecule has 0 aliphatic rings. The van der Waals surface area contributed by atoms with Gasteiger partial charge in [0.05, 0.1) is 10.5 Å². The molecule has 1 N–H and O–H groups in total. The highest BCUT2D eigenvalue weighted by atomic mass is 35.5. The van der Waals surface area contributed by atoms with E-state index in [2.05, 4.69) is 37.6 Å². The molecule has 0 saturated carbocycles. The van der Waals surface area contributed by atoms with E-state index >= 15 is 0 Å². The molecule has 0 fully saturated rings. The Hall–Kier alpha value is -1.48. The van der Waals surface area contributed by atoms with E-state index in [9.17, 15) is 4.79 Å². The Morgan fingerprint density at radius 2 is 1.90 bits per heavy atom. The lowest BCUT2D eigenvalue weighted by atomic mass is 10.1. The normalized spacial score (nSPS) is 11.6. The van der Waals surface area contributed by atoms with Crippen LogP contribution in [-0.4, -0.2) is 17.5 Å². The zero-order valence-electron chi connectivity index (χ0n) is 12.6. The fraction of sp³-hybridized carbons (Fsp3) is 0.438. The van der Waals surface area contributed by atoms with Crippen molar-refractivity contribution in [2.24, 2.45) is 0 Å². The first kappa shape index (κ1) is 14.9. The molecular weight excluding hydrogens is 272 g/mol. The first-order valence-corrected chi connectivity index (χ1v) is 7.31. The van der Waals surface area contributed by atoms with Gasteiger partial charge in [0.15, 0.2) is 0 Å². The molecule has 0 spiro atoms. The van der Waals surface area contributed by atoms with Crippen LogP contribution in [0.4, 0.5) is 0 Å². The van der Waals surface area contributed by atoms with Crippen molar-refractivity contribution in [1.82, 2.24) is 9.88 Å². The lowest BCUT2D eigenvalue weighted by molar-refractivity contribution is 0.0963. The van der Waals surface area contributed by atoms with Gasteiger partial charge in [-0.2, -0.15) is 0 Å². The standard InChI is InChI=1S/C16H21ClN2O/c1-9(2)15-14(17)12-7-6-11(16(20)18-5)8-13(12)19(15)10(3)4/h6-10H,1-5H3,(H,18,20). The van der Waals surface area contributed by atoms with Crippen molar-refractivity contribution < 1.29 is 4.79 Å². The lowest BCUT2D eigenvalue weighted by Gasteiger charge is -2.17. The molecule has 0 bridgehead atoms. The first-order valence-electron chi connectivity index (χ1n) is 6.93. The summed E-state index contributed by atoms with van der Waals surface area (Å²) in [6, 6.07) is 5.98. The summed E-state index contributed by atoms with van der Waals surface area (Å²) in [5, 5.41) is 4.47. The minimum atomic E-state index is -0.0781. The van der Waals surface area contributed by atoms with Crippen molar-refractivity contribution in [1.29, 1.82) is 0 Å². The van der Waals surface area contributed by atoms with Gasteiger partial charge in [-0.3, -0.25) is 4.79 Å². The SMILES string of the molecule is CNC(=O)c1ccc2c(Cl)c(C(C)C)n(C(C)C)c2c1. The number of amides is 1. The topological polar surface area (TPSA) is 34.0 Å². The van der Waals surface area contributed by atoms with E-state index in [0.717, 1.165) is 21.6 Å². The molecule has 0 aliphatic carbocycles. The molecule has 20 heavy (non-hydrogen) atoms. The Bertz CT molecular complexity index is 656. The van der Waals surface area contributed by atoms with E-state index in [1.165, 1.54) is 0 Å². The van der Waals surface area contributed by atoms with Crippen LogP contribution >= 0.6 is 11.6 Å². The molecule has 4 heteroatoms. The van der Waals surface area contributed by atoms with Gasteiger partial charge in [-0.25, -0.2) is 0 Å². The molecule has 1 heterocycles. The second-order valence-corrected chi connectivity index (χ2v) is 6.01. The number of rotatable bonds is 3. The lowest BCUT2D eigenvalue weighted by Crippen LogP contribution is -2.17. The van der Waals surface area contributed by atoms with E-state index in [1.807, 2.05) is 18.2 Å². The summed E-state index contributed by atoms with van der Waals surface area (Å²) in [5.74, 6) is 0.256. The number of nitrogens with zero attached hydrogens (tertiary/aromatic N) is 1. The summed E-state index contributed by atoms with van der Waals surface area (Å²) < 4.78 is 2.23. The number of fused-ring (bicyclic) bond motifs is 1. The second-order valence-electron chi connectivity index (χ2n) is 5.63. The Kier molecular flexibility index (Phi) is 4.09. The quantitative estimate of drug-likeness (QED) is 0.896. The van der Waals surface area contributed by atoms with E-state index in [-0.39, 0.29) is 5.91 Å². The van der Waals surface area contributed by atoms with Crippen LogP contribution in [0.2, 0.25) is 5.02 Å². The molecular formula is C16H21ClN2O. The Morgan fingerprint density at radius 3 is 2.40 bits per heavy atom. The maximum atomic E-state index is 11.8. The van der Waals surface area contributed by atoms with Gasteiger partial charge in [0, 0.05) is 29.7 Å². The van der Waals surface area contributed by atoms with Crippen LogP contribution in [-0.2, 0) is 0 Å². The van der Waals surface area contributed by atoms with Gasteiger partial charge in [-0.05, 0) is 31.9 Å². The summed E-state index contributed by atoms with van der Waals surface area (Å²) in [7, 11) is 1.64. The predicted octanol–water partition coefficient (Wildman–Crippen LogP) is 4.36. The van der Waals surface area contributed by atoms with Crippen LogP contribution in [0, 0.1) is 0 Å². The highest BCUT2D eigenvalue weighted by Crippen LogP contribution is 2.37. The summed E-state index contributed by atoms with van der Waals surface area (Å²) in [6.07, 6.45) is 0. The molecule has 2 rings (SSSR count). The number of aromatic nitrogens is 1. The number of nitrogens with one attached hydrogen (secondary N) is 1. The highest BCUT2D eigenvalue weighted by Gasteiger charge is 2.20. The van der Waals surface area contributed by atoms with E-state index in [1.54, 1.807) is 7.05 Å². The smallest absolute Gasteiger partial charge is 0.251 e. The van der Waals surface area contributed by atoms with Gasteiger partial charge in [-0.15, -0.1) is 0 Å². The van der Waals surface area contributed by atoms with Crippen molar-refractivity contribution in [3.05, 3.63) is 34.5 Å². The maximum absolute atomic E-state index is 11.8. The Balaban J connectivity index is 2.80. The summed E-state index contributed by atoms with van der Waals surface area (Å²) >= 11 is 6.55. The number of hydrogen-bond donors (Lipinski definition) is 1. The molecule has 0 unspecified atom stereocenters. The highest BCUT2D eigenvalue weighted by molar-refractivity contribution is 6.36. The van der Waals surface area contributed by atoms with Crippen LogP contribution < -0.4 is 5.32 Å². The zero-order chi connectivity index (χ0) is 15.0. The van der Waals surface area contributed by atoms with Crippen molar-refractivity contribution in [3.8, 4) is 0 Å². The van der Waals surface area contributed by atoms with Crippen LogP contribution in [0.5, 0.6) is 0 Å². The average Bonchev–Trinajstić information content (AvgIpc) is 2.70. The molecule has 108 valence electrons. The Labute approximate surface area is 124 Å². The second kappa shape index (κ2) is 5.49. The fourth-order valence-corrected chi connectivity index (χ4v) is 3.13. The molecule has 0 radical (unpaired) electrons. The molecule has 2 aromatic rings. The van der Waals surface area contributed by atoms with E-state index in [4.69, 9.17) is 11.6 Å². The minimum absolute atomic E-state index is 0.0781. The van der Waals surface area contributed by atoms with Crippen LogP contribution in [0.3, 0.4) is 0 Å². The van der Waals surface area contributed by atoms with Gasteiger partial charge in [0.2, 0.25) is 0 Å². The maximum Gasteiger partial charge on any atom is 0.251 e. The molecule has 0 aliphatic heterocycles. The van der Waals surface area contributed by atoms with Crippen LogP contribution in [0.25, 0.3) is 10.9 Å². The molecule has 0 atom stereocenters. The fourth-order valence-electron chi connectivity index (χ4n) is 2.66. The summed E-state index contributed by atoms with van der Waals surface area (Å²) in [6.45, 7) is 8.54. The largest absolute Gasteiger partial charge is 0.355 e. The summed E-state index contributed by atoms with van der Waals surface area (Å²) in [4.78, 5) is 11.8. The zero-order valence-corrected chi connectivity index (χ0v) is 13.4. The van der Waals surface area contributed by atoms with E-state index in [0.29, 0.717) is 17.5 Å². The molecule has 3 nitrogen and oxygen atoms in total. The molecule has 1 amide bonds. The number of carbonyl (C=O) groups excluding carboxylic acids is 1. The van der Waals surface area contributed by atoms with Crippen LogP contribution in [0.15, 0.2) is 18.2 Å². The third-order valence-electron chi connectivity index (χ3n) is 3.53. The Morgan fingerprint density at radius 1 is 1.25 bits per heavy atom.